The van der Waals surface area contributed by atoms with Crippen molar-refractivity contribution in [3.05, 3.63) is 35.4 Å². The summed E-state index contributed by atoms with van der Waals surface area (Å²) >= 11 is 0. The van der Waals surface area contributed by atoms with Crippen molar-refractivity contribution >= 4 is 0 Å². The van der Waals surface area contributed by atoms with E-state index in [4.69, 9.17) is 5.73 Å². The zero-order chi connectivity index (χ0) is 12.9. The van der Waals surface area contributed by atoms with E-state index in [0.29, 0.717) is 5.92 Å². The van der Waals surface area contributed by atoms with Crippen LogP contribution in [-0.2, 0) is 6.18 Å². The van der Waals surface area contributed by atoms with Gasteiger partial charge in [-0.1, -0.05) is 18.6 Å². The Labute approximate surface area is 104 Å². The molecule has 2 saturated carbocycles. The third-order valence-electron chi connectivity index (χ3n) is 4.51. The summed E-state index contributed by atoms with van der Waals surface area (Å²) in [6.07, 6.45) is -0.502. The summed E-state index contributed by atoms with van der Waals surface area (Å²) < 4.78 is 37.3. The van der Waals surface area contributed by atoms with Gasteiger partial charge in [-0.25, -0.2) is 0 Å². The third kappa shape index (κ3) is 1.92. The number of fused-ring (bicyclic) bond motifs is 1. The van der Waals surface area contributed by atoms with Crippen LogP contribution in [0.4, 0.5) is 13.2 Å². The molecule has 3 atom stereocenters. The van der Waals surface area contributed by atoms with Crippen molar-refractivity contribution < 1.29 is 13.2 Å². The summed E-state index contributed by atoms with van der Waals surface area (Å²) in [5.41, 5.74) is 6.40. The molecule has 0 spiro atoms. The first kappa shape index (κ1) is 12.0. The van der Waals surface area contributed by atoms with Gasteiger partial charge in [-0.3, -0.25) is 0 Å². The normalized spacial score (nSPS) is 32.1. The molecular formula is C14H16F3N. The van der Waals surface area contributed by atoms with Gasteiger partial charge in [0.2, 0.25) is 0 Å². The van der Waals surface area contributed by atoms with Crippen LogP contribution in [0.25, 0.3) is 0 Å². The second-order valence-electron chi connectivity index (χ2n) is 5.48. The molecule has 2 fully saturated rings. The molecule has 3 rings (SSSR count). The molecule has 1 aromatic carbocycles. The maximum Gasteiger partial charge on any atom is 0.416 e. The van der Waals surface area contributed by atoms with Gasteiger partial charge in [-0.15, -0.1) is 0 Å². The Morgan fingerprint density at radius 1 is 1.06 bits per heavy atom. The second-order valence-corrected chi connectivity index (χ2v) is 5.48. The summed E-state index contributed by atoms with van der Waals surface area (Å²) in [5, 5.41) is 0. The lowest BCUT2D eigenvalue weighted by Gasteiger charge is -2.15. The first-order chi connectivity index (χ1) is 8.48. The van der Waals surface area contributed by atoms with Gasteiger partial charge in [0.25, 0.3) is 0 Å². The van der Waals surface area contributed by atoms with E-state index in [-0.39, 0.29) is 6.04 Å². The van der Waals surface area contributed by atoms with Gasteiger partial charge in [0.1, 0.15) is 0 Å². The number of hydrogen-bond donors (Lipinski definition) is 1. The maximum atomic E-state index is 12.4. The third-order valence-corrected chi connectivity index (χ3v) is 4.51. The van der Waals surface area contributed by atoms with Crippen LogP contribution >= 0.6 is 0 Å². The SMILES string of the molecule is NC(c1ccc(C(F)(F)F)cc1)C1C2CCCC21. The van der Waals surface area contributed by atoms with Crippen LogP contribution in [0, 0.1) is 17.8 Å². The summed E-state index contributed by atoms with van der Waals surface area (Å²) in [6, 6.07) is 5.23. The minimum atomic E-state index is -4.27. The van der Waals surface area contributed by atoms with Crippen LogP contribution in [0.2, 0.25) is 0 Å². The number of halogens is 3. The van der Waals surface area contributed by atoms with Gasteiger partial charge < -0.3 is 5.73 Å². The Balaban J connectivity index is 1.73. The Morgan fingerprint density at radius 3 is 2.11 bits per heavy atom. The molecule has 0 bridgehead atoms. The molecule has 3 unspecified atom stereocenters. The fraction of sp³-hybridized carbons (Fsp3) is 0.571. The van der Waals surface area contributed by atoms with E-state index in [1.54, 1.807) is 0 Å². The van der Waals surface area contributed by atoms with Crippen LogP contribution < -0.4 is 5.73 Å². The second kappa shape index (κ2) is 3.98. The predicted molar refractivity (Wildman–Crippen MR) is 62.7 cm³/mol. The highest BCUT2D eigenvalue weighted by Crippen LogP contribution is 2.61. The monoisotopic (exact) mass is 255 g/mol. The van der Waals surface area contributed by atoms with Gasteiger partial charge in [0.05, 0.1) is 5.56 Å². The lowest BCUT2D eigenvalue weighted by atomic mass is 9.97. The highest BCUT2D eigenvalue weighted by Gasteiger charge is 2.55. The van der Waals surface area contributed by atoms with Gasteiger partial charge in [-0.05, 0) is 48.3 Å². The van der Waals surface area contributed by atoms with E-state index in [9.17, 15) is 13.2 Å². The summed E-state index contributed by atoms with van der Waals surface area (Å²) in [5.74, 6) is 1.94. The molecule has 98 valence electrons. The van der Waals surface area contributed by atoms with Crippen molar-refractivity contribution in [3.8, 4) is 0 Å². The number of benzene rings is 1. The topological polar surface area (TPSA) is 26.0 Å². The van der Waals surface area contributed by atoms with Crippen LogP contribution in [-0.4, -0.2) is 0 Å². The molecule has 1 aromatic rings. The van der Waals surface area contributed by atoms with Crippen molar-refractivity contribution in [1.29, 1.82) is 0 Å². The average Bonchev–Trinajstić information content (AvgIpc) is 2.80. The van der Waals surface area contributed by atoms with Gasteiger partial charge in [0, 0.05) is 6.04 Å². The van der Waals surface area contributed by atoms with Crippen molar-refractivity contribution in [1.82, 2.24) is 0 Å². The van der Waals surface area contributed by atoms with E-state index in [1.165, 1.54) is 31.4 Å². The smallest absolute Gasteiger partial charge is 0.324 e. The minimum absolute atomic E-state index is 0.0948. The van der Waals surface area contributed by atoms with Crippen LogP contribution in [0.1, 0.15) is 36.4 Å². The highest BCUT2D eigenvalue weighted by molar-refractivity contribution is 5.28. The fourth-order valence-corrected chi connectivity index (χ4v) is 3.53. The quantitative estimate of drug-likeness (QED) is 0.855. The molecule has 18 heavy (non-hydrogen) atoms. The molecule has 0 saturated heterocycles. The standard InChI is InChI=1S/C14H16F3N/c15-14(16,17)9-6-4-8(5-7-9)13(18)12-10-2-1-3-11(10)12/h4-7,10-13H,1-3,18H2. The molecule has 1 nitrogen and oxygen atoms in total. The fourth-order valence-electron chi connectivity index (χ4n) is 3.53. The Kier molecular flexibility index (Phi) is 2.66. The van der Waals surface area contributed by atoms with Crippen LogP contribution in [0.3, 0.4) is 0 Å². The largest absolute Gasteiger partial charge is 0.416 e. The summed E-state index contributed by atoms with van der Waals surface area (Å²) in [7, 11) is 0. The average molecular weight is 255 g/mol. The van der Waals surface area contributed by atoms with Gasteiger partial charge in [-0.2, -0.15) is 13.2 Å². The molecular weight excluding hydrogens is 239 g/mol. The number of rotatable bonds is 2. The van der Waals surface area contributed by atoms with E-state index in [0.717, 1.165) is 29.5 Å². The van der Waals surface area contributed by atoms with Crippen molar-refractivity contribution in [2.75, 3.05) is 0 Å². The summed E-state index contributed by atoms with van der Waals surface area (Å²) in [4.78, 5) is 0. The first-order valence-electron chi connectivity index (χ1n) is 6.41. The van der Waals surface area contributed by atoms with E-state index in [1.807, 2.05) is 0 Å². The molecule has 4 heteroatoms. The molecule has 2 N–H and O–H groups in total. The first-order valence-corrected chi connectivity index (χ1v) is 6.41. The maximum absolute atomic E-state index is 12.4. The molecule has 2 aliphatic rings. The Morgan fingerprint density at radius 2 is 1.61 bits per heavy atom. The lowest BCUT2D eigenvalue weighted by molar-refractivity contribution is -0.137. The lowest BCUT2D eigenvalue weighted by Crippen LogP contribution is -2.16. The zero-order valence-corrected chi connectivity index (χ0v) is 9.95. The number of nitrogens with two attached hydrogens (primary N) is 1. The zero-order valence-electron chi connectivity index (χ0n) is 9.95. The van der Waals surface area contributed by atoms with E-state index < -0.39 is 11.7 Å². The molecule has 0 amide bonds. The number of alkyl halides is 3. The van der Waals surface area contributed by atoms with Crippen molar-refractivity contribution in [2.24, 2.45) is 23.5 Å². The van der Waals surface area contributed by atoms with Gasteiger partial charge in [0.15, 0.2) is 0 Å². The summed E-state index contributed by atoms with van der Waals surface area (Å²) in [6.45, 7) is 0. The highest BCUT2D eigenvalue weighted by atomic mass is 19.4. The van der Waals surface area contributed by atoms with Crippen molar-refractivity contribution in [3.63, 3.8) is 0 Å². The van der Waals surface area contributed by atoms with Crippen molar-refractivity contribution in [2.45, 2.75) is 31.5 Å². The molecule has 0 aromatic heterocycles. The van der Waals surface area contributed by atoms with E-state index >= 15 is 0 Å². The number of hydrogen-bond acceptors (Lipinski definition) is 1. The predicted octanol–water partition coefficient (Wildman–Crippen LogP) is 3.75. The Hall–Kier alpha value is -1.03. The molecule has 0 radical (unpaired) electrons. The van der Waals surface area contributed by atoms with Gasteiger partial charge >= 0.3 is 6.18 Å². The molecule has 2 aliphatic carbocycles. The molecule has 0 heterocycles. The minimum Gasteiger partial charge on any atom is -0.324 e. The van der Waals surface area contributed by atoms with Crippen LogP contribution in [0.15, 0.2) is 24.3 Å². The van der Waals surface area contributed by atoms with E-state index in [2.05, 4.69) is 0 Å². The molecule has 0 aliphatic heterocycles. The van der Waals surface area contributed by atoms with Crippen LogP contribution in [0.5, 0.6) is 0 Å². The Bertz CT molecular complexity index is 427.